The third kappa shape index (κ3) is 4.71. The summed E-state index contributed by atoms with van der Waals surface area (Å²) in [6, 6.07) is 14.2. The maximum atomic E-state index is 12.9. The minimum atomic E-state index is -3.63. The predicted octanol–water partition coefficient (Wildman–Crippen LogP) is 3.64. The van der Waals surface area contributed by atoms with Gasteiger partial charge in [-0.05, 0) is 49.9 Å². The lowest BCUT2D eigenvalue weighted by molar-refractivity contribution is -0.126. The number of carbonyl (C=O) groups is 2. The molecule has 31 heavy (non-hydrogen) atoms. The molecule has 2 aromatic rings. The Labute approximate surface area is 187 Å². The molecular weight excluding hydrogens is 432 g/mol. The Morgan fingerprint density at radius 1 is 1.00 bits per heavy atom. The molecule has 0 aliphatic carbocycles. The number of ketones is 1. The molecule has 1 fully saturated rings. The number of carbonyl (C=O) groups excluding carboxylic acids is 2. The van der Waals surface area contributed by atoms with Crippen LogP contribution in [0.4, 0.5) is 0 Å². The van der Waals surface area contributed by atoms with Gasteiger partial charge >= 0.3 is 0 Å². The van der Waals surface area contributed by atoms with Gasteiger partial charge in [0.25, 0.3) is 0 Å². The van der Waals surface area contributed by atoms with Crippen LogP contribution in [-0.4, -0.2) is 43.3 Å². The van der Waals surface area contributed by atoms with Gasteiger partial charge in [0, 0.05) is 35.2 Å². The highest BCUT2D eigenvalue weighted by Gasteiger charge is 2.33. The quantitative estimate of drug-likeness (QED) is 0.692. The molecule has 4 rings (SSSR count). The third-order valence-electron chi connectivity index (χ3n) is 6.00. The van der Waals surface area contributed by atoms with E-state index in [1.54, 1.807) is 0 Å². The molecule has 8 heteroatoms. The van der Waals surface area contributed by atoms with E-state index < -0.39 is 10.0 Å². The van der Waals surface area contributed by atoms with Crippen molar-refractivity contribution in [1.29, 1.82) is 0 Å². The molecule has 2 heterocycles. The first-order valence-electron chi connectivity index (χ1n) is 10.5. The van der Waals surface area contributed by atoms with E-state index in [0.29, 0.717) is 31.5 Å². The molecule has 1 amide bonds. The second-order valence-electron chi connectivity index (χ2n) is 8.00. The molecule has 2 aromatic carbocycles. The Balaban J connectivity index is 1.37. The van der Waals surface area contributed by atoms with Gasteiger partial charge in [0.05, 0.1) is 10.9 Å². The van der Waals surface area contributed by atoms with Crippen LogP contribution in [0, 0.1) is 5.92 Å². The number of nitrogens with zero attached hydrogens (tertiary/aromatic N) is 1. The molecule has 0 saturated carbocycles. The average Bonchev–Trinajstić information content (AvgIpc) is 2.79. The van der Waals surface area contributed by atoms with Crippen LogP contribution in [0.3, 0.4) is 0 Å². The first kappa shape index (κ1) is 22.0. The van der Waals surface area contributed by atoms with Crippen molar-refractivity contribution in [2.24, 2.45) is 5.92 Å². The lowest BCUT2D eigenvalue weighted by atomic mass is 9.95. The van der Waals surface area contributed by atoms with Crippen LogP contribution in [0.5, 0.6) is 0 Å². The van der Waals surface area contributed by atoms with E-state index in [4.69, 9.17) is 0 Å². The zero-order valence-corrected chi connectivity index (χ0v) is 19.0. The summed E-state index contributed by atoms with van der Waals surface area (Å²) in [5.74, 6) is 0.693. The molecule has 0 spiro atoms. The lowest BCUT2D eigenvalue weighted by Gasteiger charge is -2.32. The second kappa shape index (κ2) is 9.14. The van der Waals surface area contributed by atoms with Gasteiger partial charge in [-0.3, -0.25) is 9.59 Å². The number of thioether (sulfide) groups is 1. The lowest BCUT2D eigenvalue weighted by Crippen LogP contribution is -2.44. The number of sulfonamides is 1. The van der Waals surface area contributed by atoms with Crippen molar-refractivity contribution in [1.82, 2.24) is 9.62 Å². The highest BCUT2D eigenvalue weighted by molar-refractivity contribution is 7.99. The zero-order valence-electron chi connectivity index (χ0n) is 17.4. The molecule has 1 N–H and O–H groups in total. The number of Topliss-reactive ketones (excluding diaryl/α,β-unsaturated/α-hetero) is 1. The van der Waals surface area contributed by atoms with Crippen LogP contribution in [0.15, 0.2) is 58.3 Å². The molecule has 2 aliphatic rings. The number of benzene rings is 2. The topological polar surface area (TPSA) is 83.6 Å². The van der Waals surface area contributed by atoms with E-state index in [0.717, 1.165) is 12.2 Å². The Morgan fingerprint density at radius 3 is 2.35 bits per heavy atom. The van der Waals surface area contributed by atoms with Crippen molar-refractivity contribution in [3.63, 3.8) is 0 Å². The number of hydrogen-bond donors (Lipinski definition) is 1. The fraction of sp³-hybridized carbons (Fsp3) is 0.391. The molecular formula is C23H26N2O4S2. The van der Waals surface area contributed by atoms with E-state index in [9.17, 15) is 18.0 Å². The molecule has 1 unspecified atom stereocenters. The highest BCUT2D eigenvalue weighted by atomic mass is 32.2. The van der Waals surface area contributed by atoms with E-state index in [1.807, 2.05) is 23.9 Å². The fourth-order valence-corrected chi connectivity index (χ4v) is 6.75. The summed E-state index contributed by atoms with van der Waals surface area (Å²) < 4.78 is 27.3. The number of nitrogens with one attached hydrogen (secondary N) is 1. The standard InChI is InChI=1S/C23H26N2O4S2/c1-16(26)17-6-8-19(9-7-17)31(28,29)25-13-10-18(11-14-25)23(27)24-21-12-15-30-22-5-3-2-4-20(21)22/h2-9,18,21H,10-15H2,1H3,(H,24,27). The maximum absolute atomic E-state index is 12.9. The van der Waals surface area contributed by atoms with E-state index >= 15 is 0 Å². The summed E-state index contributed by atoms with van der Waals surface area (Å²) in [5.41, 5.74) is 1.65. The largest absolute Gasteiger partial charge is 0.349 e. The predicted molar refractivity (Wildman–Crippen MR) is 121 cm³/mol. The van der Waals surface area contributed by atoms with Crippen LogP contribution in [0.1, 0.15) is 48.1 Å². The number of amides is 1. The van der Waals surface area contributed by atoms with Crippen molar-refractivity contribution < 1.29 is 18.0 Å². The van der Waals surface area contributed by atoms with Crippen molar-refractivity contribution >= 4 is 33.5 Å². The minimum Gasteiger partial charge on any atom is -0.349 e. The molecule has 2 aliphatic heterocycles. The summed E-state index contributed by atoms with van der Waals surface area (Å²) in [4.78, 5) is 25.7. The Morgan fingerprint density at radius 2 is 1.68 bits per heavy atom. The van der Waals surface area contributed by atoms with Gasteiger partial charge in [0.15, 0.2) is 5.78 Å². The van der Waals surface area contributed by atoms with Crippen molar-refractivity contribution in [3.05, 3.63) is 59.7 Å². The Bertz CT molecular complexity index is 1080. The zero-order chi connectivity index (χ0) is 22.0. The molecule has 0 bridgehead atoms. The molecule has 1 saturated heterocycles. The van der Waals surface area contributed by atoms with Gasteiger partial charge in [-0.15, -0.1) is 11.8 Å². The van der Waals surface area contributed by atoms with E-state index in [2.05, 4.69) is 17.4 Å². The summed E-state index contributed by atoms with van der Waals surface area (Å²) in [6.07, 6.45) is 1.90. The molecule has 164 valence electrons. The van der Waals surface area contributed by atoms with E-state index in [-0.39, 0.29) is 28.5 Å². The fourth-order valence-electron chi connectivity index (χ4n) is 4.15. The summed E-state index contributed by atoms with van der Waals surface area (Å²) in [7, 11) is -3.63. The van der Waals surface area contributed by atoms with Gasteiger partial charge < -0.3 is 5.32 Å². The first-order chi connectivity index (χ1) is 14.9. The number of rotatable bonds is 5. The molecule has 6 nitrogen and oxygen atoms in total. The van der Waals surface area contributed by atoms with Crippen LogP contribution >= 0.6 is 11.8 Å². The Kier molecular flexibility index (Phi) is 6.50. The summed E-state index contributed by atoms with van der Waals surface area (Å²) in [5, 5.41) is 3.19. The summed E-state index contributed by atoms with van der Waals surface area (Å²) in [6.45, 7) is 2.07. The SMILES string of the molecule is CC(=O)c1ccc(S(=O)(=O)N2CCC(C(=O)NC3CCSc4ccccc43)CC2)cc1. The van der Waals surface area contributed by atoms with Gasteiger partial charge in [-0.1, -0.05) is 30.3 Å². The van der Waals surface area contributed by atoms with Crippen molar-refractivity contribution in [2.45, 2.75) is 42.0 Å². The van der Waals surface area contributed by atoms with Crippen LogP contribution in [0.2, 0.25) is 0 Å². The third-order valence-corrected chi connectivity index (χ3v) is 9.03. The second-order valence-corrected chi connectivity index (χ2v) is 11.1. The number of fused-ring (bicyclic) bond motifs is 1. The highest BCUT2D eigenvalue weighted by Crippen LogP contribution is 2.36. The van der Waals surface area contributed by atoms with Crippen molar-refractivity contribution in [3.8, 4) is 0 Å². The van der Waals surface area contributed by atoms with Crippen LogP contribution < -0.4 is 5.32 Å². The van der Waals surface area contributed by atoms with Crippen LogP contribution in [-0.2, 0) is 14.8 Å². The first-order valence-corrected chi connectivity index (χ1v) is 12.9. The molecule has 0 radical (unpaired) electrons. The molecule has 1 atom stereocenters. The molecule has 0 aromatic heterocycles. The van der Waals surface area contributed by atoms with E-state index in [1.165, 1.54) is 46.0 Å². The number of piperidine rings is 1. The smallest absolute Gasteiger partial charge is 0.243 e. The van der Waals surface area contributed by atoms with Gasteiger partial charge in [0.1, 0.15) is 0 Å². The Hall–Kier alpha value is -2.16. The van der Waals surface area contributed by atoms with Gasteiger partial charge in [-0.25, -0.2) is 8.42 Å². The average molecular weight is 459 g/mol. The van der Waals surface area contributed by atoms with Crippen LogP contribution in [0.25, 0.3) is 0 Å². The number of hydrogen-bond acceptors (Lipinski definition) is 5. The van der Waals surface area contributed by atoms with Crippen molar-refractivity contribution in [2.75, 3.05) is 18.8 Å². The van der Waals surface area contributed by atoms with Gasteiger partial charge in [0.2, 0.25) is 15.9 Å². The normalized spacial score (nSPS) is 20.1. The monoisotopic (exact) mass is 458 g/mol. The minimum absolute atomic E-state index is 0.00885. The summed E-state index contributed by atoms with van der Waals surface area (Å²) >= 11 is 1.82. The van der Waals surface area contributed by atoms with Gasteiger partial charge in [-0.2, -0.15) is 4.31 Å². The maximum Gasteiger partial charge on any atom is 0.243 e.